The first-order chi connectivity index (χ1) is 12.0. The maximum Gasteiger partial charge on any atom is 0.287 e. The van der Waals surface area contributed by atoms with Crippen molar-refractivity contribution in [3.05, 3.63) is 69.3 Å². The second-order valence-corrected chi connectivity index (χ2v) is 6.14. The molecule has 1 aliphatic rings. The fourth-order valence-corrected chi connectivity index (χ4v) is 2.94. The Labute approximate surface area is 145 Å². The summed E-state index contributed by atoms with van der Waals surface area (Å²) in [5.74, 6) is 0.121. The molecule has 2 aromatic rings. The van der Waals surface area contributed by atoms with Crippen LogP contribution in [0.2, 0.25) is 0 Å². The van der Waals surface area contributed by atoms with E-state index in [9.17, 15) is 14.4 Å². The van der Waals surface area contributed by atoms with Gasteiger partial charge in [0.05, 0.1) is 0 Å². The molecule has 130 valence electrons. The van der Waals surface area contributed by atoms with E-state index in [1.807, 2.05) is 29.2 Å². The first kappa shape index (κ1) is 17.0. The van der Waals surface area contributed by atoms with Crippen LogP contribution in [-0.4, -0.2) is 23.3 Å². The lowest BCUT2D eigenvalue weighted by Crippen LogP contribution is -2.27. The van der Waals surface area contributed by atoms with Crippen molar-refractivity contribution in [3.8, 4) is 0 Å². The van der Waals surface area contributed by atoms with Crippen LogP contribution >= 0.6 is 0 Å². The molecule has 0 aliphatic carbocycles. The summed E-state index contributed by atoms with van der Waals surface area (Å²) in [6, 6.07) is 10.2. The van der Waals surface area contributed by atoms with E-state index in [1.54, 1.807) is 6.92 Å². The molecule has 1 aliphatic heterocycles. The molecule has 0 atom stereocenters. The number of hydrogen-bond donors (Lipinski definition) is 1. The summed E-state index contributed by atoms with van der Waals surface area (Å²) in [5, 5.41) is 2.77. The molecule has 2 amide bonds. The zero-order chi connectivity index (χ0) is 17.8. The van der Waals surface area contributed by atoms with Crippen LogP contribution in [0.5, 0.6) is 0 Å². The van der Waals surface area contributed by atoms with Gasteiger partial charge in [0, 0.05) is 38.2 Å². The van der Waals surface area contributed by atoms with Crippen molar-refractivity contribution in [2.75, 3.05) is 6.54 Å². The molecule has 1 saturated heterocycles. The van der Waals surface area contributed by atoms with Gasteiger partial charge in [0.15, 0.2) is 11.2 Å². The van der Waals surface area contributed by atoms with Gasteiger partial charge >= 0.3 is 0 Å². The molecule has 0 bridgehead atoms. The van der Waals surface area contributed by atoms with Crippen molar-refractivity contribution in [1.29, 1.82) is 0 Å². The van der Waals surface area contributed by atoms with Crippen LogP contribution in [0.1, 0.15) is 40.3 Å². The van der Waals surface area contributed by atoms with Gasteiger partial charge in [0.1, 0.15) is 5.76 Å². The SMILES string of the molecule is Cc1cc(=O)cc(C(=O)NCc2ccccc2CN2CCCC2=O)o1. The molecule has 0 unspecified atom stereocenters. The summed E-state index contributed by atoms with van der Waals surface area (Å²) >= 11 is 0. The number of aryl methyl sites for hydroxylation is 1. The number of rotatable bonds is 5. The average molecular weight is 340 g/mol. The lowest BCUT2D eigenvalue weighted by molar-refractivity contribution is -0.128. The number of nitrogens with zero attached hydrogens (tertiary/aromatic N) is 1. The topological polar surface area (TPSA) is 79.6 Å². The smallest absolute Gasteiger partial charge is 0.287 e. The molecule has 0 radical (unpaired) electrons. The Bertz CT molecular complexity index is 856. The van der Waals surface area contributed by atoms with Gasteiger partial charge in [0.2, 0.25) is 5.91 Å². The number of carbonyl (C=O) groups is 2. The number of nitrogens with one attached hydrogen (secondary N) is 1. The summed E-state index contributed by atoms with van der Waals surface area (Å²) in [4.78, 5) is 37.4. The van der Waals surface area contributed by atoms with Gasteiger partial charge in [-0.3, -0.25) is 14.4 Å². The number of hydrogen-bond acceptors (Lipinski definition) is 4. The van der Waals surface area contributed by atoms with E-state index in [2.05, 4.69) is 5.32 Å². The van der Waals surface area contributed by atoms with Gasteiger partial charge in [-0.25, -0.2) is 0 Å². The van der Waals surface area contributed by atoms with E-state index in [0.29, 0.717) is 25.3 Å². The van der Waals surface area contributed by atoms with E-state index in [1.165, 1.54) is 12.1 Å². The number of amides is 2. The van der Waals surface area contributed by atoms with Crippen molar-refractivity contribution in [2.24, 2.45) is 0 Å². The Morgan fingerprint density at radius 3 is 2.64 bits per heavy atom. The highest BCUT2D eigenvalue weighted by Gasteiger charge is 2.21. The van der Waals surface area contributed by atoms with Crippen LogP contribution in [0.15, 0.2) is 45.6 Å². The van der Waals surface area contributed by atoms with Crippen molar-refractivity contribution >= 4 is 11.8 Å². The minimum atomic E-state index is -0.437. The Hall–Kier alpha value is -2.89. The van der Waals surface area contributed by atoms with Gasteiger partial charge in [-0.05, 0) is 24.5 Å². The third kappa shape index (κ3) is 4.15. The van der Waals surface area contributed by atoms with Crippen LogP contribution in [0.4, 0.5) is 0 Å². The second-order valence-electron chi connectivity index (χ2n) is 6.14. The van der Waals surface area contributed by atoms with Gasteiger partial charge in [0.25, 0.3) is 5.91 Å². The van der Waals surface area contributed by atoms with Crippen molar-refractivity contribution in [1.82, 2.24) is 10.2 Å². The van der Waals surface area contributed by atoms with E-state index >= 15 is 0 Å². The van der Waals surface area contributed by atoms with Gasteiger partial charge in [-0.15, -0.1) is 0 Å². The van der Waals surface area contributed by atoms with Crippen LogP contribution < -0.4 is 10.7 Å². The summed E-state index contributed by atoms with van der Waals surface area (Å²) in [5.41, 5.74) is 1.68. The Kier molecular flexibility index (Phi) is 4.97. The molecule has 1 fully saturated rings. The summed E-state index contributed by atoms with van der Waals surface area (Å²) in [7, 11) is 0. The highest BCUT2D eigenvalue weighted by molar-refractivity contribution is 5.91. The quantitative estimate of drug-likeness (QED) is 0.903. The molecule has 1 N–H and O–H groups in total. The predicted molar refractivity (Wildman–Crippen MR) is 92.0 cm³/mol. The lowest BCUT2D eigenvalue weighted by atomic mass is 10.1. The highest BCUT2D eigenvalue weighted by Crippen LogP contribution is 2.17. The van der Waals surface area contributed by atoms with E-state index in [0.717, 1.165) is 24.1 Å². The maximum absolute atomic E-state index is 12.2. The van der Waals surface area contributed by atoms with Crippen molar-refractivity contribution in [2.45, 2.75) is 32.9 Å². The summed E-state index contributed by atoms with van der Waals surface area (Å²) < 4.78 is 5.30. The third-order valence-electron chi connectivity index (χ3n) is 4.20. The largest absolute Gasteiger partial charge is 0.456 e. The molecule has 3 rings (SSSR count). The van der Waals surface area contributed by atoms with Gasteiger partial charge in [-0.1, -0.05) is 24.3 Å². The molecule has 6 nitrogen and oxygen atoms in total. The molecule has 0 saturated carbocycles. The summed E-state index contributed by atoms with van der Waals surface area (Å²) in [6.45, 7) is 3.24. The number of carbonyl (C=O) groups excluding carboxylic acids is 2. The van der Waals surface area contributed by atoms with Crippen LogP contribution in [0.3, 0.4) is 0 Å². The Morgan fingerprint density at radius 2 is 1.96 bits per heavy atom. The molecular formula is C19H20N2O4. The van der Waals surface area contributed by atoms with Crippen molar-refractivity contribution in [3.63, 3.8) is 0 Å². The van der Waals surface area contributed by atoms with Crippen LogP contribution in [-0.2, 0) is 17.9 Å². The fraction of sp³-hybridized carbons (Fsp3) is 0.316. The van der Waals surface area contributed by atoms with Crippen LogP contribution in [0, 0.1) is 6.92 Å². The van der Waals surface area contributed by atoms with Gasteiger partial charge < -0.3 is 14.6 Å². The maximum atomic E-state index is 12.2. The zero-order valence-electron chi connectivity index (χ0n) is 14.1. The minimum absolute atomic E-state index is 0.00259. The summed E-state index contributed by atoms with van der Waals surface area (Å²) in [6.07, 6.45) is 1.50. The van der Waals surface area contributed by atoms with Crippen molar-refractivity contribution < 1.29 is 14.0 Å². The predicted octanol–water partition coefficient (Wildman–Crippen LogP) is 2.00. The highest BCUT2D eigenvalue weighted by atomic mass is 16.3. The van der Waals surface area contributed by atoms with E-state index in [4.69, 9.17) is 4.42 Å². The second kappa shape index (κ2) is 7.34. The van der Waals surface area contributed by atoms with Gasteiger partial charge in [-0.2, -0.15) is 0 Å². The average Bonchev–Trinajstić information content (AvgIpc) is 2.98. The molecular weight excluding hydrogens is 320 g/mol. The first-order valence-electron chi connectivity index (χ1n) is 8.27. The fourth-order valence-electron chi connectivity index (χ4n) is 2.94. The van der Waals surface area contributed by atoms with Crippen LogP contribution in [0.25, 0.3) is 0 Å². The Morgan fingerprint density at radius 1 is 1.20 bits per heavy atom. The number of likely N-dealkylation sites (tertiary alicyclic amines) is 1. The molecule has 6 heteroatoms. The lowest BCUT2D eigenvalue weighted by Gasteiger charge is -2.18. The molecule has 1 aromatic heterocycles. The first-order valence-corrected chi connectivity index (χ1v) is 8.27. The molecule has 25 heavy (non-hydrogen) atoms. The minimum Gasteiger partial charge on any atom is -0.456 e. The zero-order valence-corrected chi connectivity index (χ0v) is 14.1. The monoisotopic (exact) mass is 340 g/mol. The van der Waals surface area contributed by atoms with E-state index < -0.39 is 5.91 Å². The molecule has 2 heterocycles. The normalized spacial score (nSPS) is 14.0. The standard InChI is InChI=1S/C19H20N2O4/c1-13-9-16(22)10-17(25-13)19(24)20-11-14-5-2-3-6-15(14)12-21-8-4-7-18(21)23/h2-3,5-6,9-10H,4,7-8,11-12H2,1H3,(H,20,24). The Balaban J connectivity index is 1.69. The molecule has 0 spiro atoms. The number of benzene rings is 1. The molecule has 1 aromatic carbocycles. The third-order valence-corrected chi connectivity index (χ3v) is 4.20. The van der Waals surface area contributed by atoms with E-state index in [-0.39, 0.29) is 17.1 Å².